The molecule has 1 aromatic heterocycles. The minimum Gasteiger partial charge on any atom is -0.337 e. The Kier molecular flexibility index (Phi) is 7.83. The maximum Gasteiger partial charge on any atom is 0.246 e. The second-order valence-corrected chi connectivity index (χ2v) is 8.32. The number of nitrogens with one attached hydrogen (secondary N) is 1. The van der Waals surface area contributed by atoms with E-state index in [2.05, 4.69) is 27.5 Å². The van der Waals surface area contributed by atoms with E-state index < -0.39 is 0 Å². The van der Waals surface area contributed by atoms with Crippen LogP contribution in [0.3, 0.4) is 0 Å². The lowest BCUT2D eigenvalue weighted by atomic mass is 10.1. The molecule has 8 heteroatoms. The Bertz CT molecular complexity index is 1130. The topological polar surface area (TPSA) is 83.4 Å². The molecule has 0 aliphatic carbocycles. The van der Waals surface area contributed by atoms with E-state index in [1.165, 1.54) is 0 Å². The van der Waals surface area contributed by atoms with Crippen molar-refractivity contribution >= 4 is 23.6 Å². The number of carbonyl (C=O) groups is 2. The normalized spacial score (nSPS) is 14.4. The summed E-state index contributed by atoms with van der Waals surface area (Å²) < 4.78 is 1.75. The summed E-state index contributed by atoms with van der Waals surface area (Å²) in [5, 5.41) is 11.3. The second kappa shape index (κ2) is 11.4. The van der Waals surface area contributed by atoms with Crippen LogP contribution in [-0.4, -0.2) is 69.3 Å². The molecule has 34 heavy (non-hydrogen) atoms. The summed E-state index contributed by atoms with van der Waals surface area (Å²) in [6, 6.07) is 17.9. The molecule has 1 aliphatic rings. The first-order valence-electron chi connectivity index (χ1n) is 11.6. The van der Waals surface area contributed by atoms with Crippen LogP contribution in [-0.2, 0) is 22.6 Å². The smallest absolute Gasteiger partial charge is 0.246 e. The van der Waals surface area contributed by atoms with Crippen molar-refractivity contribution in [2.45, 2.75) is 19.9 Å². The highest BCUT2D eigenvalue weighted by atomic mass is 16.2. The Morgan fingerprint density at radius 3 is 2.50 bits per heavy atom. The van der Waals surface area contributed by atoms with Gasteiger partial charge in [-0.1, -0.05) is 60.7 Å². The number of aromatic nitrogens is 3. The zero-order chi connectivity index (χ0) is 23.8. The summed E-state index contributed by atoms with van der Waals surface area (Å²) in [5.41, 5.74) is 3.78. The lowest BCUT2D eigenvalue weighted by molar-refractivity contribution is -0.127. The maximum absolute atomic E-state index is 12.6. The fraction of sp³-hybridized carbons (Fsp3) is 0.308. The number of piperazine rings is 1. The molecule has 1 saturated heterocycles. The summed E-state index contributed by atoms with van der Waals surface area (Å²) in [6.07, 6.45) is 5.93. The maximum atomic E-state index is 12.6. The van der Waals surface area contributed by atoms with Gasteiger partial charge in [-0.15, -0.1) is 5.10 Å². The molecule has 2 aromatic carbocycles. The van der Waals surface area contributed by atoms with Gasteiger partial charge in [0.05, 0.1) is 19.3 Å². The van der Waals surface area contributed by atoms with Crippen molar-refractivity contribution in [1.29, 1.82) is 0 Å². The van der Waals surface area contributed by atoms with Gasteiger partial charge in [0.25, 0.3) is 0 Å². The summed E-state index contributed by atoms with van der Waals surface area (Å²) in [7, 11) is 0. The van der Waals surface area contributed by atoms with Gasteiger partial charge in [0.15, 0.2) is 0 Å². The van der Waals surface area contributed by atoms with Crippen molar-refractivity contribution in [3.63, 3.8) is 0 Å². The first kappa shape index (κ1) is 23.4. The largest absolute Gasteiger partial charge is 0.337 e. The highest BCUT2D eigenvalue weighted by Gasteiger charge is 2.21. The van der Waals surface area contributed by atoms with E-state index in [4.69, 9.17) is 0 Å². The number of para-hydroxylation sites is 1. The minimum atomic E-state index is -0.0569. The molecule has 0 bridgehead atoms. The van der Waals surface area contributed by atoms with Crippen LogP contribution in [0, 0.1) is 0 Å². The van der Waals surface area contributed by atoms with Crippen molar-refractivity contribution in [3.8, 4) is 0 Å². The standard InChI is InChI=1S/C26H30N6O2/c1-2-22-10-6-7-11-24(22)27-25(33)20-30-14-16-31(17-15-30)26(34)13-12-23-19-32(29-28-23)18-21-8-4-3-5-9-21/h3-13,19H,2,14-18,20H2,1H3,(H,27,33). The summed E-state index contributed by atoms with van der Waals surface area (Å²) in [5.74, 6) is -0.0854. The number of rotatable bonds is 8. The van der Waals surface area contributed by atoms with Crippen LogP contribution in [0.4, 0.5) is 5.69 Å². The first-order chi connectivity index (χ1) is 16.6. The molecule has 3 aromatic rings. The monoisotopic (exact) mass is 458 g/mol. The molecular formula is C26H30N6O2. The molecule has 1 fully saturated rings. The lowest BCUT2D eigenvalue weighted by Crippen LogP contribution is -2.50. The molecular weight excluding hydrogens is 428 g/mol. The van der Waals surface area contributed by atoms with Gasteiger partial charge < -0.3 is 10.2 Å². The fourth-order valence-corrected chi connectivity index (χ4v) is 3.97. The van der Waals surface area contributed by atoms with Crippen molar-refractivity contribution in [2.24, 2.45) is 0 Å². The van der Waals surface area contributed by atoms with Crippen molar-refractivity contribution in [3.05, 3.63) is 83.7 Å². The minimum absolute atomic E-state index is 0.0286. The highest BCUT2D eigenvalue weighted by Crippen LogP contribution is 2.15. The summed E-state index contributed by atoms with van der Waals surface area (Å²) in [6.45, 7) is 5.52. The number of hydrogen-bond donors (Lipinski definition) is 1. The van der Waals surface area contributed by atoms with Gasteiger partial charge in [0, 0.05) is 37.9 Å². The fourth-order valence-electron chi connectivity index (χ4n) is 3.97. The molecule has 2 amide bonds. The van der Waals surface area contributed by atoms with E-state index in [0.29, 0.717) is 45.0 Å². The highest BCUT2D eigenvalue weighted by molar-refractivity contribution is 5.93. The zero-order valence-corrected chi connectivity index (χ0v) is 19.4. The van der Waals surface area contributed by atoms with Crippen molar-refractivity contribution < 1.29 is 9.59 Å². The average Bonchev–Trinajstić information content (AvgIpc) is 3.31. The number of anilines is 1. The average molecular weight is 459 g/mol. The van der Waals surface area contributed by atoms with E-state index in [-0.39, 0.29) is 11.8 Å². The Morgan fingerprint density at radius 2 is 1.74 bits per heavy atom. The molecule has 2 heterocycles. The van der Waals surface area contributed by atoms with E-state index in [1.54, 1.807) is 21.7 Å². The number of carbonyl (C=O) groups excluding carboxylic acids is 2. The Balaban J connectivity index is 1.22. The third-order valence-corrected chi connectivity index (χ3v) is 5.86. The van der Waals surface area contributed by atoms with E-state index in [1.807, 2.05) is 60.8 Å². The van der Waals surface area contributed by atoms with Gasteiger partial charge in [-0.2, -0.15) is 0 Å². The van der Waals surface area contributed by atoms with Gasteiger partial charge in [-0.3, -0.25) is 14.5 Å². The van der Waals surface area contributed by atoms with Crippen LogP contribution in [0.25, 0.3) is 6.08 Å². The third-order valence-electron chi connectivity index (χ3n) is 5.86. The molecule has 0 unspecified atom stereocenters. The van der Waals surface area contributed by atoms with Gasteiger partial charge in [0.2, 0.25) is 11.8 Å². The molecule has 176 valence electrons. The molecule has 4 rings (SSSR count). The Labute approximate surface area is 199 Å². The van der Waals surface area contributed by atoms with Crippen LogP contribution >= 0.6 is 0 Å². The molecule has 1 aliphatic heterocycles. The molecule has 0 radical (unpaired) electrons. The van der Waals surface area contributed by atoms with Gasteiger partial charge >= 0.3 is 0 Å². The summed E-state index contributed by atoms with van der Waals surface area (Å²) >= 11 is 0. The number of amides is 2. The van der Waals surface area contributed by atoms with Gasteiger partial charge in [-0.25, -0.2) is 4.68 Å². The van der Waals surface area contributed by atoms with Crippen molar-refractivity contribution in [1.82, 2.24) is 24.8 Å². The van der Waals surface area contributed by atoms with Crippen LogP contribution in [0.1, 0.15) is 23.7 Å². The van der Waals surface area contributed by atoms with E-state index in [0.717, 1.165) is 23.2 Å². The van der Waals surface area contributed by atoms with Crippen LogP contribution in [0.15, 0.2) is 66.9 Å². The molecule has 0 saturated carbocycles. The summed E-state index contributed by atoms with van der Waals surface area (Å²) in [4.78, 5) is 29.0. The number of nitrogens with zero attached hydrogens (tertiary/aromatic N) is 5. The molecule has 1 N–H and O–H groups in total. The first-order valence-corrected chi connectivity index (χ1v) is 11.6. The molecule has 0 atom stereocenters. The Morgan fingerprint density at radius 1 is 1.00 bits per heavy atom. The number of hydrogen-bond acceptors (Lipinski definition) is 5. The Hall–Kier alpha value is -3.78. The third kappa shape index (κ3) is 6.39. The van der Waals surface area contributed by atoms with Crippen LogP contribution in [0.2, 0.25) is 0 Å². The predicted molar refractivity (Wildman–Crippen MR) is 132 cm³/mol. The SMILES string of the molecule is CCc1ccccc1NC(=O)CN1CCN(C(=O)C=Cc2cn(Cc3ccccc3)nn2)CC1. The van der Waals surface area contributed by atoms with E-state index >= 15 is 0 Å². The molecule has 0 spiro atoms. The number of benzene rings is 2. The van der Waals surface area contributed by atoms with Crippen LogP contribution in [0.5, 0.6) is 0 Å². The second-order valence-electron chi connectivity index (χ2n) is 8.32. The van der Waals surface area contributed by atoms with Gasteiger partial charge in [-0.05, 0) is 29.7 Å². The van der Waals surface area contributed by atoms with E-state index in [9.17, 15) is 9.59 Å². The zero-order valence-electron chi connectivity index (χ0n) is 19.4. The van der Waals surface area contributed by atoms with Crippen LogP contribution < -0.4 is 5.32 Å². The predicted octanol–water partition coefficient (Wildman–Crippen LogP) is 2.68. The van der Waals surface area contributed by atoms with Gasteiger partial charge in [0.1, 0.15) is 5.69 Å². The van der Waals surface area contributed by atoms with Crippen molar-refractivity contribution in [2.75, 3.05) is 38.0 Å². The quantitative estimate of drug-likeness (QED) is 0.525. The number of aryl methyl sites for hydroxylation is 1. The lowest BCUT2D eigenvalue weighted by Gasteiger charge is -2.33. The molecule has 8 nitrogen and oxygen atoms in total.